The Bertz CT molecular complexity index is 916. The van der Waals surface area contributed by atoms with Crippen LogP contribution in [0.25, 0.3) is 0 Å². The predicted octanol–water partition coefficient (Wildman–Crippen LogP) is 2.51. The third-order valence-electron chi connectivity index (χ3n) is 5.56. The van der Waals surface area contributed by atoms with E-state index < -0.39 is 17.9 Å². The molecule has 160 valence electrons. The summed E-state index contributed by atoms with van der Waals surface area (Å²) in [4.78, 5) is 12.5. The number of rotatable bonds is 7. The van der Waals surface area contributed by atoms with Crippen molar-refractivity contribution in [3.63, 3.8) is 0 Å². The normalized spacial score (nSPS) is 20.6. The molecule has 3 atom stereocenters. The van der Waals surface area contributed by atoms with E-state index in [-0.39, 0.29) is 19.4 Å². The maximum Gasteiger partial charge on any atom is 0.309 e. The molecule has 2 aliphatic rings. The van der Waals surface area contributed by atoms with Crippen LogP contribution in [0.15, 0.2) is 30.3 Å². The Morgan fingerprint density at radius 1 is 1.00 bits per heavy atom. The van der Waals surface area contributed by atoms with Gasteiger partial charge in [0.05, 0.1) is 40.0 Å². The van der Waals surface area contributed by atoms with Gasteiger partial charge in [0.1, 0.15) is 0 Å². The van der Waals surface area contributed by atoms with E-state index in [4.69, 9.17) is 28.4 Å². The van der Waals surface area contributed by atoms with Gasteiger partial charge in [-0.2, -0.15) is 0 Å². The summed E-state index contributed by atoms with van der Waals surface area (Å²) in [6.45, 7) is 0.299. The lowest BCUT2D eigenvalue weighted by atomic mass is 9.83. The van der Waals surface area contributed by atoms with Crippen molar-refractivity contribution in [2.45, 2.75) is 12.5 Å². The molecule has 2 aliphatic heterocycles. The molecule has 2 aromatic rings. The van der Waals surface area contributed by atoms with Crippen LogP contribution in [0.5, 0.6) is 28.7 Å². The van der Waals surface area contributed by atoms with Crippen LogP contribution < -0.4 is 23.7 Å². The predicted molar refractivity (Wildman–Crippen MR) is 105 cm³/mol. The van der Waals surface area contributed by atoms with Gasteiger partial charge in [-0.3, -0.25) is 4.79 Å². The second-order valence-electron chi connectivity index (χ2n) is 7.20. The molecule has 2 heterocycles. The summed E-state index contributed by atoms with van der Waals surface area (Å²) >= 11 is 0. The van der Waals surface area contributed by atoms with E-state index >= 15 is 0 Å². The largest absolute Gasteiger partial charge is 0.493 e. The number of hydrogen-bond donors (Lipinski definition) is 1. The van der Waals surface area contributed by atoms with Gasteiger partial charge in [0, 0.05) is 5.92 Å². The van der Waals surface area contributed by atoms with E-state index in [2.05, 4.69) is 0 Å². The van der Waals surface area contributed by atoms with Crippen LogP contribution in [0.1, 0.15) is 17.2 Å². The number of benzene rings is 2. The molecule has 0 aliphatic carbocycles. The Morgan fingerprint density at radius 2 is 1.70 bits per heavy atom. The van der Waals surface area contributed by atoms with Crippen LogP contribution >= 0.6 is 0 Å². The minimum Gasteiger partial charge on any atom is -0.493 e. The third kappa shape index (κ3) is 3.59. The number of esters is 1. The summed E-state index contributed by atoms with van der Waals surface area (Å²) < 4.78 is 32.2. The van der Waals surface area contributed by atoms with Gasteiger partial charge in [-0.1, -0.05) is 6.07 Å². The highest BCUT2D eigenvalue weighted by molar-refractivity contribution is 5.75. The van der Waals surface area contributed by atoms with Gasteiger partial charge in [-0.25, -0.2) is 0 Å². The van der Waals surface area contributed by atoms with Crippen LogP contribution in [0.2, 0.25) is 0 Å². The van der Waals surface area contributed by atoms with Gasteiger partial charge in [-0.15, -0.1) is 0 Å². The Kier molecular flexibility index (Phi) is 5.59. The molecule has 8 nitrogen and oxygen atoms in total. The second-order valence-corrected chi connectivity index (χ2v) is 7.20. The van der Waals surface area contributed by atoms with E-state index in [1.54, 1.807) is 30.3 Å². The third-order valence-corrected chi connectivity index (χ3v) is 5.56. The van der Waals surface area contributed by atoms with Crippen LogP contribution in [0.3, 0.4) is 0 Å². The van der Waals surface area contributed by atoms with Gasteiger partial charge in [-0.05, 0) is 41.8 Å². The Morgan fingerprint density at radius 3 is 2.37 bits per heavy atom. The van der Waals surface area contributed by atoms with Crippen molar-refractivity contribution >= 4 is 5.97 Å². The first kappa shape index (κ1) is 20.2. The Balaban J connectivity index is 1.59. The number of hydrogen-bond acceptors (Lipinski definition) is 8. The lowest BCUT2D eigenvalue weighted by Gasteiger charge is -2.22. The van der Waals surface area contributed by atoms with Crippen molar-refractivity contribution in [2.75, 3.05) is 34.7 Å². The summed E-state index contributed by atoms with van der Waals surface area (Å²) in [6.07, 6.45) is -0.528. The molecule has 1 saturated heterocycles. The fourth-order valence-electron chi connectivity index (χ4n) is 3.97. The molecule has 2 aromatic carbocycles. The summed E-state index contributed by atoms with van der Waals surface area (Å²) in [5.74, 6) is 1.45. The maximum absolute atomic E-state index is 12.5. The van der Waals surface area contributed by atoms with Crippen molar-refractivity contribution in [3.05, 3.63) is 41.5 Å². The first-order valence-corrected chi connectivity index (χ1v) is 9.58. The van der Waals surface area contributed by atoms with Crippen molar-refractivity contribution < 1.29 is 38.3 Å². The molecule has 0 unspecified atom stereocenters. The first-order valence-electron chi connectivity index (χ1n) is 9.58. The summed E-state index contributed by atoms with van der Waals surface area (Å²) in [5.41, 5.74) is 1.47. The maximum atomic E-state index is 12.5. The van der Waals surface area contributed by atoms with Crippen molar-refractivity contribution in [2.24, 2.45) is 11.8 Å². The Labute approximate surface area is 174 Å². The number of cyclic esters (lactones) is 1. The zero-order valence-corrected chi connectivity index (χ0v) is 17.0. The van der Waals surface area contributed by atoms with Crippen LogP contribution in [0, 0.1) is 11.8 Å². The highest BCUT2D eigenvalue weighted by atomic mass is 16.7. The molecule has 0 aromatic heterocycles. The number of aliphatic hydroxyl groups excluding tert-OH is 1. The lowest BCUT2D eigenvalue weighted by Crippen LogP contribution is -2.24. The highest BCUT2D eigenvalue weighted by Gasteiger charge is 2.42. The highest BCUT2D eigenvalue weighted by Crippen LogP contribution is 2.42. The molecular formula is C22H24O8. The minimum absolute atomic E-state index is 0.142. The molecular weight excluding hydrogens is 392 g/mol. The fraction of sp³-hybridized carbons (Fsp3) is 0.409. The molecule has 0 saturated carbocycles. The lowest BCUT2D eigenvalue weighted by molar-refractivity contribution is -0.141. The SMILES string of the molecule is COc1cc(C[C@@H]2C(=O)OC[C@@H]2[C@H](O)c2ccc3c(c2)OCO3)cc(OC)c1OC. The molecule has 0 radical (unpaired) electrons. The number of aliphatic hydroxyl groups is 1. The number of ether oxygens (including phenoxy) is 6. The van der Waals surface area contributed by atoms with E-state index in [1.807, 2.05) is 0 Å². The van der Waals surface area contributed by atoms with Gasteiger partial charge in [0.2, 0.25) is 12.5 Å². The van der Waals surface area contributed by atoms with E-state index in [0.29, 0.717) is 40.7 Å². The van der Waals surface area contributed by atoms with Gasteiger partial charge >= 0.3 is 5.97 Å². The molecule has 1 N–H and O–H groups in total. The van der Waals surface area contributed by atoms with E-state index in [0.717, 1.165) is 5.56 Å². The van der Waals surface area contributed by atoms with Gasteiger partial charge < -0.3 is 33.5 Å². The summed E-state index contributed by atoms with van der Waals surface area (Å²) in [7, 11) is 4.61. The Hall–Kier alpha value is -3.13. The zero-order valence-electron chi connectivity index (χ0n) is 17.0. The topological polar surface area (TPSA) is 92.7 Å². The van der Waals surface area contributed by atoms with E-state index in [9.17, 15) is 9.90 Å². The average Bonchev–Trinajstić information content (AvgIpc) is 3.38. The molecule has 1 fully saturated rings. The number of carbonyl (C=O) groups is 1. The first-order chi connectivity index (χ1) is 14.5. The molecule has 30 heavy (non-hydrogen) atoms. The van der Waals surface area contributed by atoms with Crippen molar-refractivity contribution in [1.82, 2.24) is 0 Å². The summed E-state index contributed by atoms with van der Waals surface area (Å²) in [6, 6.07) is 8.88. The molecule has 0 amide bonds. The van der Waals surface area contributed by atoms with Crippen LogP contribution in [0.4, 0.5) is 0 Å². The van der Waals surface area contributed by atoms with Crippen LogP contribution in [-0.2, 0) is 16.0 Å². The summed E-state index contributed by atoms with van der Waals surface area (Å²) in [5, 5.41) is 11.0. The van der Waals surface area contributed by atoms with Crippen molar-refractivity contribution in [1.29, 1.82) is 0 Å². The number of fused-ring (bicyclic) bond motifs is 1. The smallest absolute Gasteiger partial charge is 0.309 e. The number of carbonyl (C=O) groups excluding carboxylic acids is 1. The van der Waals surface area contributed by atoms with Gasteiger partial charge in [0.15, 0.2) is 23.0 Å². The van der Waals surface area contributed by atoms with E-state index in [1.165, 1.54) is 21.3 Å². The number of methoxy groups -OCH3 is 3. The molecule has 0 spiro atoms. The van der Waals surface area contributed by atoms with Crippen LogP contribution in [-0.4, -0.2) is 45.8 Å². The molecule has 8 heteroatoms. The van der Waals surface area contributed by atoms with Gasteiger partial charge in [0.25, 0.3) is 0 Å². The standard InChI is InChI=1S/C22H24O8/c1-25-18-7-12(8-19(26-2)21(18)27-3)6-14-15(10-28-22(14)24)20(23)13-4-5-16-17(9-13)30-11-29-16/h4-5,7-9,14-15,20,23H,6,10-11H2,1-3H3/t14-,15-,20+/m0/s1. The average molecular weight is 416 g/mol. The monoisotopic (exact) mass is 416 g/mol. The van der Waals surface area contributed by atoms with Crippen molar-refractivity contribution in [3.8, 4) is 28.7 Å². The zero-order chi connectivity index (χ0) is 21.3. The fourth-order valence-corrected chi connectivity index (χ4v) is 3.97. The second kappa shape index (κ2) is 8.31. The minimum atomic E-state index is -0.891. The molecule has 0 bridgehead atoms. The molecule has 4 rings (SSSR count). The quantitative estimate of drug-likeness (QED) is 0.689.